The van der Waals surface area contributed by atoms with Gasteiger partial charge in [0.1, 0.15) is 0 Å². The Morgan fingerprint density at radius 1 is 0.500 bits per heavy atom. The summed E-state index contributed by atoms with van der Waals surface area (Å²) in [5.41, 5.74) is 0. The molecule has 0 N–H and O–H groups in total. The van der Waals surface area contributed by atoms with Crippen molar-refractivity contribution in [2.45, 2.75) is 25.7 Å². The van der Waals surface area contributed by atoms with Gasteiger partial charge in [-0.25, -0.2) is 0 Å². The molecule has 6 saturated heterocycles. The molecule has 4 bridgehead atoms. The number of rotatable bonds is 7. The molecule has 6 rings (SSSR count). The van der Waals surface area contributed by atoms with E-state index in [4.69, 9.17) is 0 Å². The summed E-state index contributed by atoms with van der Waals surface area (Å²) >= 11 is 4.24. The maximum Gasteiger partial charge on any atom is 0.0916 e. The lowest BCUT2D eigenvalue weighted by atomic mass is 10.1. The number of unbranched alkanes of at least 4 members (excludes halogenated alkanes) is 3. The Morgan fingerprint density at radius 3 is 1.04 bits per heavy atom. The fourth-order valence-electron chi connectivity index (χ4n) is 5.38. The van der Waals surface area contributed by atoms with E-state index in [9.17, 15) is 0 Å². The van der Waals surface area contributed by atoms with Crippen LogP contribution in [-0.2, 0) is 0 Å². The van der Waals surface area contributed by atoms with Crippen LogP contribution in [0.15, 0.2) is 0 Å². The quantitative estimate of drug-likeness (QED) is 0.151. The van der Waals surface area contributed by atoms with E-state index in [1.807, 2.05) is 0 Å². The average molecular weight is 816 g/mol. The largest absolute Gasteiger partial charge is 1.00 e. The van der Waals surface area contributed by atoms with Crippen LogP contribution in [-0.4, -0.2) is 110 Å². The number of fused-ring (bicyclic) bond motifs is 6. The van der Waals surface area contributed by atoms with E-state index in [0.29, 0.717) is 0 Å². The Bertz CT molecular complexity index is 320. The predicted octanol–water partition coefficient (Wildman–Crippen LogP) is -3.38. The molecule has 0 unspecified atom stereocenters. The van der Waals surface area contributed by atoms with Crippen LogP contribution in [0, 0.1) is 0 Å². The third-order valence-electron chi connectivity index (χ3n) is 7.36. The normalized spacial score (nSPS) is 37.2. The van der Waals surface area contributed by atoms with Crippen LogP contribution < -0.4 is 48.0 Å². The van der Waals surface area contributed by atoms with Gasteiger partial charge in [-0.1, -0.05) is 0 Å². The molecule has 0 aromatic rings. The molecule has 0 radical (unpaired) electrons. The Labute approximate surface area is 218 Å². The summed E-state index contributed by atoms with van der Waals surface area (Å²) in [5, 5.41) is 0. The summed E-state index contributed by atoms with van der Waals surface area (Å²) in [6.07, 6.45) is 5.92. The Kier molecular flexibility index (Phi) is 13.6. The van der Waals surface area contributed by atoms with Crippen molar-refractivity contribution in [3.8, 4) is 0 Å². The highest BCUT2D eigenvalue weighted by Gasteiger charge is 2.38. The van der Waals surface area contributed by atoms with E-state index in [0.717, 1.165) is 0 Å². The monoisotopic (exact) mass is 816 g/mol. The van der Waals surface area contributed by atoms with Gasteiger partial charge < -0.3 is 56.9 Å². The molecule has 8 heteroatoms. The maximum atomic E-state index is 2.66. The summed E-state index contributed by atoms with van der Waals surface area (Å²) in [7, 11) is 0. The van der Waals surface area contributed by atoms with Gasteiger partial charge in [0.15, 0.2) is 0 Å². The number of halogens is 4. The van der Waals surface area contributed by atoms with Gasteiger partial charge in [-0.3, -0.25) is 9.80 Å². The highest BCUT2D eigenvalue weighted by molar-refractivity contribution is 15.0. The van der Waals surface area contributed by atoms with Crippen molar-refractivity contribution in [3.05, 3.63) is 0 Å². The Hall–Kier alpha value is 2.76. The van der Waals surface area contributed by atoms with Crippen molar-refractivity contribution in [1.29, 1.82) is 0 Å². The number of hydrogen-bond donors (Lipinski definition) is 0. The first-order valence-electron chi connectivity index (χ1n) is 10.1. The lowest BCUT2D eigenvalue weighted by Gasteiger charge is -2.51. The van der Waals surface area contributed by atoms with Gasteiger partial charge in [0, 0.05) is 76.5 Å². The van der Waals surface area contributed by atoms with E-state index in [-0.39, 0.29) is 48.0 Å². The van der Waals surface area contributed by atoms with Gasteiger partial charge in [0.25, 0.3) is 0 Å². The Morgan fingerprint density at radius 2 is 0.769 bits per heavy atom. The van der Waals surface area contributed by atoms with Crippen LogP contribution in [0.1, 0.15) is 25.7 Å². The van der Waals surface area contributed by atoms with Gasteiger partial charge >= 0.3 is 0 Å². The molecule has 0 aliphatic carbocycles. The fraction of sp³-hybridized carbons (Fsp3) is 1.00. The molecule has 0 aromatic carbocycles. The second-order valence-electron chi connectivity index (χ2n) is 8.57. The molecule has 156 valence electrons. The molecule has 0 atom stereocenters. The van der Waals surface area contributed by atoms with Crippen LogP contribution in [0.4, 0.5) is 0 Å². The van der Waals surface area contributed by atoms with Gasteiger partial charge in [-0.15, -0.1) is 0 Å². The predicted molar refractivity (Wildman–Crippen MR) is 119 cm³/mol. The SMILES string of the molecule is C(CCC[N+]12CCN(CC1)CC2)CC[N+]12CCN(CC1)CC2.II.[I-].[I-]. The molecule has 6 aliphatic heterocycles. The first-order valence-corrected chi connectivity index (χ1v) is 16.4. The van der Waals surface area contributed by atoms with Crippen LogP contribution >= 0.6 is 37.2 Å². The molecule has 0 amide bonds. The Balaban J connectivity index is 0.000000818. The second-order valence-corrected chi connectivity index (χ2v) is 8.57. The number of piperazine rings is 6. The van der Waals surface area contributed by atoms with Gasteiger partial charge in [0.2, 0.25) is 0 Å². The molecular formula is C18H36I4N4. The smallest absolute Gasteiger partial charge is 0.0916 e. The molecule has 6 fully saturated rings. The van der Waals surface area contributed by atoms with Crippen molar-refractivity contribution in [3.63, 3.8) is 0 Å². The minimum atomic E-state index is 0. The van der Waals surface area contributed by atoms with Crippen molar-refractivity contribution in [2.24, 2.45) is 0 Å². The molecule has 6 aliphatic rings. The third-order valence-corrected chi connectivity index (χ3v) is 7.36. The van der Waals surface area contributed by atoms with Crippen molar-refractivity contribution >= 4 is 37.2 Å². The zero-order valence-electron chi connectivity index (χ0n) is 16.0. The molecular weight excluding hydrogens is 780 g/mol. The summed E-state index contributed by atoms with van der Waals surface area (Å²) in [5.74, 6) is 0. The van der Waals surface area contributed by atoms with E-state index < -0.39 is 0 Å². The summed E-state index contributed by atoms with van der Waals surface area (Å²) in [6, 6.07) is 0. The molecule has 6 heterocycles. The second kappa shape index (κ2) is 13.2. The first-order chi connectivity index (χ1) is 11.8. The van der Waals surface area contributed by atoms with Crippen molar-refractivity contribution in [1.82, 2.24) is 9.80 Å². The first kappa shape index (κ1) is 26.8. The van der Waals surface area contributed by atoms with Gasteiger partial charge in [-0.05, 0) is 25.7 Å². The highest BCUT2D eigenvalue weighted by atomic mass is 128. The lowest BCUT2D eigenvalue weighted by Crippen LogP contribution is -3.00. The van der Waals surface area contributed by atoms with E-state index >= 15 is 0 Å². The lowest BCUT2D eigenvalue weighted by molar-refractivity contribution is -0.941. The van der Waals surface area contributed by atoms with Crippen LogP contribution in [0.2, 0.25) is 0 Å². The number of quaternary nitrogens is 2. The molecule has 4 nitrogen and oxygen atoms in total. The van der Waals surface area contributed by atoms with E-state index in [2.05, 4.69) is 47.0 Å². The van der Waals surface area contributed by atoms with Crippen LogP contribution in [0.25, 0.3) is 0 Å². The summed E-state index contributed by atoms with van der Waals surface area (Å²) in [6.45, 7) is 19.8. The number of nitrogens with zero attached hydrogens (tertiary/aromatic N) is 4. The minimum Gasteiger partial charge on any atom is -1.00 e. The maximum absolute atomic E-state index is 2.66. The third kappa shape index (κ3) is 7.17. The minimum absolute atomic E-state index is 0. The zero-order chi connectivity index (χ0) is 16.9. The van der Waals surface area contributed by atoms with Gasteiger partial charge in [0.05, 0.1) is 52.4 Å². The van der Waals surface area contributed by atoms with Crippen LogP contribution in [0.3, 0.4) is 0 Å². The standard InChI is InChI=1S/C18H36N4.I2.2HI/c1(3-11-21-13-5-19(6-14-21)7-15-21)2-4-12-22-16-8-20(9-17-22)10-18-22;1-2;;/h1-18H2;;2*1H/q+2;;;/p-2. The summed E-state index contributed by atoms with van der Waals surface area (Å²) < 4.78 is 2.93. The van der Waals surface area contributed by atoms with Gasteiger partial charge in [-0.2, -0.15) is 0 Å². The zero-order valence-corrected chi connectivity index (χ0v) is 24.7. The topological polar surface area (TPSA) is 6.48 Å². The fourth-order valence-corrected chi connectivity index (χ4v) is 5.38. The van der Waals surface area contributed by atoms with Crippen LogP contribution in [0.5, 0.6) is 0 Å². The van der Waals surface area contributed by atoms with E-state index in [1.54, 1.807) is 0 Å². The van der Waals surface area contributed by atoms with Crippen molar-refractivity contribution < 1.29 is 56.9 Å². The van der Waals surface area contributed by atoms with Crippen molar-refractivity contribution in [2.75, 3.05) is 91.6 Å². The molecule has 0 aromatic heterocycles. The number of hydrogen-bond acceptors (Lipinski definition) is 2. The molecule has 0 saturated carbocycles. The average Bonchev–Trinajstić information content (AvgIpc) is 2.69. The molecule has 26 heavy (non-hydrogen) atoms. The summed E-state index contributed by atoms with van der Waals surface area (Å²) in [4.78, 5) is 5.32. The highest BCUT2D eigenvalue weighted by Crippen LogP contribution is 2.22. The molecule has 0 spiro atoms. The van der Waals surface area contributed by atoms with E-state index in [1.165, 1.54) is 126 Å².